The normalized spacial score (nSPS) is 21.9. The van der Waals surface area contributed by atoms with Crippen molar-refractivity contribution in [1.29, 1.82) is 0 Å². The quantitative estimate of drug-likeness (QED) is 0.829. The Bertz CT molecular complexity index is 422. The standard InChI is InChI=1S/C13H20N2O/c1-9(2)15-6-4-5-12(15)11-8-14-13(16)7-10(11)3/h7-9,12H,4-6H2,1-3H3,(H,14,16)/t12-/m0/s1. The minimum absolute atomic E-state index is 0.00431. The average molecular weight is 220 g/mol. The highest BCUT2D eigenvalue weighted by Crippen LogP contribution is 2.34. The van der Waals surface area contributed by atoms with E-state index in [-0.39, 0.29) is 5.56 Å². The molecule has 1 aromatic rings. The van der Waals surface area contributed by atoms with Gasteiger partial charge < -0.3 is 4.98 Å². The monoisotopic (exact) mass is 220 g/mol. The fraction of sp³-hybridized carbons (Fsp3) is 0.615. The van der Waals surface area contributed by atoms with Crippen LogP contribution in [0, 0.1) is 6.92 Å². The summed E-state index contributed by atoms with van der Waals surface area (Å²) >= 11 is 0. The van der Waals surface area contributed by atoms with Crippen molar-refractivity contribution in [3.63, 3.8) is 0 Å². The number of rotatable bonds is 2. The zero-order valence-electron chi connectivity index (χ0n) is 10.3. The SMILES string of the molecule is Cc1cc(=O)[nH]cc1[C@@H]1CCCN1C(C)C. The lowest BCUT2D eigenvalue weighted by molar-refractivity contribution is 0.204. The number of H-pyrrole nitrogens is 1. The van der Waals surface area contributed by atoms with Crippen molar-refractivity contribution in [3.8, 4) is 0 Å². The maximum Gasteiger partial charge on any atom is 0.248 e. The lowest BCUT2D eigenvalue weighted by Gasteiger charge is -2.29. The van der Waals surface area contributed by atoms with Gasteiger partial charge in [-0.25, -0.2) is 0 Å². The molecule has 2 rings (SSSR count). The van der Waals surface area contributed by atoms with E-state index in [2.05, 4.69) is 23.7 Å². The molecule has 1 saturated heterocycles. The van der Waals surface area contributed by atoms with Gasteiger partial charge in [-0.1, -0.05) is 0 Å². The van der Waals surface area contributed by atoms with E-state index in [1.807, 2.05) is 13.1 Å². The van der Waals surface area contributed by atoms with Crippen molar-refractivity contribution in [2.75, 3.05) is 6.54 Å². The molecule has 1 fully saturated rings. The van der Waals surface area contributed by atoms with Crippen LogP contribution in [0.3, 0.4) is 0 Å². The third-order valence-electron chi connectivity index (χ3n) is 3.49. The van der Waals surface area contributed by atoms with Crippen molar-refractivity contribution in [2.24, 2.45) is 0 Å². The summed E-state index contributed by atoms with van der Waals surface area (Å²) in [5, 5.41) is 0. The van der Waals surface area contributed by atoms with Gasteiger partial charge in [0.25, 0.3) is 0 Å². The molecule has 1 atom stereocenters. The maximum absolute atomic E-state index is 11.2. The lowest BCUT2D eigenvalue weighted by Crippen LogP contribution is -2.31. The van der Waals surface area contributed by atoms with Gasteiger partial charge in [0.05, 0.1) is 0 Å². The van der Waals surface area contributed by atoms with Crippen LogP contribution in [-0.2, 0) is 0 Å². The molecule has 0 bridgehead atoms. The molecule has 0 amide bonds. The second-order valence-electron chi connectivity index (χ2n) is 4.93. The number of nitrogens with one attached hydrogen (secondary N) is 1. The van der Waals surface area contributed by atoms with Gasteiger partial charge in [-0.3, -0.25) is 9.69 Å². The summed E-state index contributed by atoms with van der Waals surface area (Å²) in [5.74, 6) is 0. The minimum atomic E-state index is -0.00431. The number of aromatic nitrogens is 1. The molecule has 1 aromatic heterocycles. The van der Waals surface area contributed by atoms with E-state index in [1.165, 1.54) is 24.9 Å². The number of likely N-dealkylation sites (tertiary alicyclic amines) is 1. The summed E-state index contributed by atoms with van der Waals surface area (Å²) < 4.78 is 0. The van der Waals surface area contributed by atoms with Gasteiger partial charge in [0.15, 0.2) is 0 Å². The van der Waals surface area contributed by atoms with E-state index in [0.717, 1.165) is 5.56 Å². The molecular weight excluding hydrogens is 200 g/mol. The molecule has 2 heterocycles. The van der Waals surface area contributed by atoms with Crippen molar-refractivity contribution >= 4 is 0 Å². The lowest BCUT2D eigenvalue weighted by atomic mass is 10.0. The van der Waals surface area contributed by atoms with Crippen LogP contribution in [0.2, 0.25) is 0 Å². The zero-order valence-corrected chi connectivity index (χ0v) is 10.3. The molecule has 0 aliphatic carbocycles. The predicted octanol–water partition coefficient (Wildman–Crippen LogP) is 2.23. The Morgan fingerprint density at radius 2 is 2.25 bits per heavy atom. The summed E-state index contributed by atoms with van der Waals surface area (Å²) in [6, 6.07) is 2.75. The summed E-state index contributed by atoms with van der Waals surface area (Å²) in [7, 11) is 0. The largest absolute Gasteiger partial charge is 0.329 e. The Morgan fingerprint density at radius 1 is 1.50 bits per heavy atom. The van der Waals surface area contributed by atoms with E-state index < -0.39 is 0 Å². The van der Waals surface area contributed by atoms with E-state index in [1.54, 1.807) is 6.07 Å². The molecule has 0 aromatic carbocycles. The molecule has 88 valence electrons. The highest BCUT2D eigenvalue weighted by molar-refractivity contribution is 5.26. The molecule has 0 radical (unpaired) electrons. The second kappa shape index (κ2) is 4.42. The number of nitrogens with zero attached hydrogens (tertiary/aromatic N) is 1. The number of pyridine rings is 1. The fourth-order valence-corrected chi connectivity index (χ4v) is 2.68. The van der Waals surface area contributed by atoms with Crippen LogP contribution < -0.4 is 5.56 Å². The first-order valence-corrected chi connectivity index (χ1v) is 6.04. The highest BCUT2D eigenvalue weighted by Gasteiger charge is 2.28. The van der Waals surface area contributed by atoms with E-state index in [4.69, 9.17) is 0 Å². The first kappa shape index (κ1) is 11.4. The van der Waals surface area contributed by atoms with Crippen LogP contribution in [0.5, 0.6) is 0 Å². The van der Waals surface area contributed by atoms with Gasteiger partial charge in [0.1, 0.15) is 0 Å². The molecule has 3 nitrogen and oxygen atoms in total. The van der Waals surface area contributed by atoms with E-state index >= 15 is 0 Å². The third kappa shape index (κ3) is 2.05. The smallest absolute Gasteiger partial charge is 0.248 e. The van der Waals surface area contributed by atoms with Crippen LogP contribution in [0.1, 0.15) is 43.9 Å². The van der Waals surface area contributed by atoms with E-state index in [9.17, 15) is 4.79 Å². The summed E-state index contributed by atoms with van der Waals surface area (Å²) in [6.45, 7) is 7.67. The summed E-state index contributed by atoms with van der Waals surface area (Å²) in [5.41, 5.74) is 2.39. The minimum Gasteiger partial charge on any atom is -0.329 e. The van der Waals surface area contributed by atoms with Gasteiger partial charge in [-0.2, -0.15) is 0 Å². The predicted molar refractivity (Wildman–Crippen MR) is 65.6 cm³/mol. The average Bonchev–Trinajstić information content (AvgIpc) is 2.66. The Labute approximate surface area is 96.5 Å². The molecule has 0 saturated carbocycles. The molecular formula is C13H20N2O. The Morgan fingerprint density at radius 3 is 2.88 bits per heavy atom. The summed E-state index contributed by atoms with van der Waals surface area (Å²) in [4.78, 5) is 16.5. The molecule has 0 unspecified atom stereocenters. The number of hydrogen-bond donors (Lipinski definition) is 1. The van der Waals surface area contributed by atoms with Gasteiger partial charge in [-0.15, -0.1) is 0 Å². The van der Waals surface area contributed by atoms with Crippen LogP contribution in [0.4, 0.5) is 0 Å². The number of aromatic amines is 1. The van der Waals surface area contributed by atoms with E-state index in [0.29, 0.717) is 12.1 Å². The topological polar surface area (TPSA) is 36.1 Å². The molecule has 1 N–H and O–H groups in total. The molecule has 1 aliphatic heterocycles. The summed E-state index contributed by atoms with van der Waals surface area (Å²) in [6.07, 6.45) is 4.34. The Balaban J connectivity index is 2.33. The van der Waals surface area contributed by atoms with Crippen LogP contribution in [0.25, 0.3) is 0 Å². The zero-order chi connectivity index (χ0) is 11.7. The first-order chi connectivity index (χ1) is 7.59. The van der Waals surface area contributed by atoms with Crippen LogP contribution >= 0.6 is 0 Å². The molecule has 1 aliphatic rings. The Kier molecular flexibility index (Phi) is 3.15. The van der Waals surface area contributed by atoms with Gasteiger partial charge >= 0.3 is 0 Å². The third-order valence-corrected chi connectivity index (χ3v) is 3.49. The van der Waals surface area contributed by atoms with Gasteiger partial charge in [-0.05, 0) is 51.3 Å². The van der Waals surface area contributed by atoms with Crippen LogP contribution in [0.15, 0.2) is 17.1 Å². The second-order valence-corrected chi connectivity index (χ2v) is 4.93. The molecule has 0 spiro atoms. The maximum atomic E-state index is 11.2. The van der Waals surface area contributed by atoms with Crippen molar-refractivity contribution in [2.45, 2.75) is 45.7 Å². The molecule has 16 heavy (non-hydrogen) atoms. The highest BCUT2D eigenvalue weighted by atomic mass is 16.1. The van der Waals surface area contributed by atoms with Gasteiger partial charge in [0.2, 0.25) is 5.56 Å². The van der Waals surface area contributed by atoms with Crippen molar-refractivity contribution in [3.05, 3.63) is 33.7 Å². The van der Waals surface area contributed by atoms with Gasteiger partial charge in [0, 0.05) is 24.3 Å². The van der Waals surface area contributed by atoms with Crippen molar-refractivity contribution < 1.29 is 0 Å². The van der Waals surface area contributed by atoms with Crippen LogP contribution in [-0.4, -0.2) is 22.5 Å². The first-order valence-electron chi connectivity index (χ1n) is 6.04. The number of hydrogen-bond acceptors (Lipinski definition) is 2. The number of aryl methyl sites for hydroxylation is 1. The fourth-order valence-electron chi connectivity index (χ4n) is 2.68. The Hall–Kier alpha value is -1.09. The molecule has 3 heteroatoms. The van der Waals surface area contributed by atoms with Crippen molar-refractivity contribution in [1.82, 2.24) is 9.88 Å².